The third-order valence-electron chi connectivity index (χ3n) is 3.17. The van der Waals surface area contributed by atoms with Gasteiger partial charge in [0.05, 0.1) is 11.4 Å². The average molecular weight is 259 g/mol. The van der Waals surface area contributed by atoms with Crippen LogP contribution < -0.4 is 10.2 Å². The van der Waals surface area contributed by atoms with E-state index in [0.717, 1.165) is 11.3 Å². The van der Waals surface area contributed by atoms with E-state index in [4.69, 9.17) is 17.8 Å². The molecule has 1 unspecified atom stereocenters. The quantitative estimate of drug-likeness (QED) is 0.578. The van der Waals surface area contributed by atoms with Gasteiger partial charge in [-0.2, -0.15) is 10.3 Å². The monoisotopic (exact) mass is 259 g/mol. The Balaban J connectivity index is 2.04. The van der Waals surface area contributed by atoms with E-state index in [9.17, 15) is 0 Å². The molecular formula is C15H10BN3O. The Morgan fingerprint density at radius 2 is 2.25 bits per heavy atom. The highest BCUT2D eigenvalue weighted by Gasteiger charge is 2.27. The molecule has 2 heterocycles. The molecule has 1 aromatic heterocycles. The molecule has 3 rings (SSSR count). The molecule has 5 heteroatoms. The molecule has 0 bridgehead atoms. The zero-order valence-electron chi connectivity index (χ0n) is 10.7. The highest BCUT2D eigenvalue weighted by Crippen LogP contribution is 2.33. The lowest BCUT2D eigenvalue weighted by molar-refractivity contribution is 0.202. The van der Waals surface area contributed by atoms with Gasteiger partial charge in [-0.25, -0.2) is 0 Å². The molecule has 0 aliphatic carbocycles. The largest absolute Gasteiger partial charge is 0.483 e. The summed E-state index contributed by atoms with van der Waals surface area (Å²) in [7, 11) is 5.78. The second-order valence-corrected chi connectivity index (χ2v) is 4.48. The van der Waals surface area contributed by atoms with Gasteiger partial charge in [0.15, 0.2) is 0 Å². The van der Waals surface area contributed by atoms with E-state index in [1.165, 1.54) is 0 Å². The fourth-order valence-electron chi connectivity index (χ4n) is 2.25. The lowest BCUT2D eigenvalue weighted by Gasteiger charge is -2.26. The number of aromatic nitrogens is 1. The summed E-state index contributed by atoms with van der Waals surface area (Å²) in [6.07, 6.45) is 3.83. The number of benzene rings is 1. The maximum Gasteiger partial charge on any atom is 0.205 e. The molecule has 1 aliphatic rings. The zero-order chi connectivity index (χ0) is 13.9. The topological polar surface area (TPSA) is 58.3 Å². The van der Waals surface area contributed by atoms with Crippen molar-refractivity contribution in [1.82, 2.24) is 4.98 Å². The van der Waals surface area contributed by atoms with E-state index >= 15 is 0 Å². The van der Waals surface area contributed by atoms with E-state index in [1.807, 2.05) is 24.4 Å². The Bertz CT molecular complexity index is 707. The molecule has 2 aromatic rings. The lowest BCUT2D eigenvalue weighted by Crippen LogP contribution is -2.23. The predicted molar refractivity (Wildman–Crippen MR) is 76.2 cm³/mol. The highest BCUT2D eigenvalue weighted by molar-refractivity contribution is 6.33. The van der Waals surface area contributed by atoms with Crippen molar-refractivity contribution < 1.29 is 4.74 Å². The summed E-state index contributed by atoms with van der Waals surface area (Å²) in [6.45, 7) is 0. The van der Waals surface area contributed by atoms with E-state index < -0.39 is 0 Å². The normalized spacial score (nSPS) is 18.9. The van der Waals surface area contributed by atoms with Crippen LogP contribution >= 0.6 is 0 Å². The number of hydrogen-bond acceptors (Lipinski definition) is 4. The molecule has 1 aliphatic heterocycles. The van der Waals surface area contributed by atoms with Crippen molar-refractivity contribution in [2.45, 2.75) is 12.5 Å². The molecule has 0 fully saturated rings. The Kier molecular flexibility index (Phi) is 3.22. The van der Waals surface area contributed by atoms with E-state index in [2.05, 4.69) is 9.98 Å². The van der Waals surface area contributed by atoms with Gasteiger partial charge in [0.1, 0.15) is 19.7 Å². The molecule has 94 valence electrons. The van der Waals surface area contributed by atoms with Gasteiger partial charge >= 0.3 is 0 Å². The minimum atomic E-state index is -0.237. The smallest absolute Gasteiger partial charge is 0.205 e. The summed E-state index contributed by atoms with van der Waals surface area (Å²) in [5.74, 6) is 0.676. The summed E-state index contributed by atoms with van der Waals surface area (Å²) >= 11 is 0. The van der Waals surface area contributed by atoms with Crippen molar-refractivity contribution in [3.05, 3.63) is 53.9 Å². The van der Waals surface area contributed by atoms with Crippen molar-refractivity contribution in [1.29, 1.82) is 5.26 Å². The number of rotatable bonds is 1. The summed E-state index contributed by atoms with van der Waals surface area (Å²) < 4.78 is 5.94. The van der Waals surface area contributed by atoms with Crippen LogP contribution in [-0.4, -0.2) is 18.5 Å². The minimum Gasteiger partial charge on any atom is -0.483 e. The van der Waals surface area contributed by atoms with Gasteiger partial charge in [-0.05, 0) is 18.2 Å². The molecule has 2 radical (unpaired) electrons. The average Bonchev–Trinajstić information content (AvgIpc) is 2.49. The van der Waals surface area contributed by atoms with Gasteiger partial charge < -0.3 is 4.74 Å². The third-order valence-corrected chi connectivity index (χ3v) is 3.17. The Labute approximate surface area is 118 Å². The van der Waals surface area contributed by atoms with E-state index in [1.54, 1.807) is 24.4 Å². The lowest BCUT2D eigenvalue weighted by atomic mass is 9.90. The first-order chi connectivity index (χ1) is 9.78. The maximum absolute atomic E-state index is 8.85. The van der Waals surface area contributed by atoms with Gasteiger partial charge in [-0.1, -0.05) is 23.7 Å². The van der Waals surface area contributed by atoms with Crippen LogP contribution in [0.3, 0.4) is 0 Å². The Hall–Kier alpha value is -2.61. The van der Waals surface area contributed by atoms with Crippen LogP contribution in [0.4, 0.5) is 0 Å². The first-order valence-electron chi connectivity index (χ1n) is 6.21. The van der Waals surface area contributed by atoms with Crippen LogP contribution in [0, 0.1) is 11.5 Å². The van der Waals surface area contributed by atoms with E-state index in [-0.39, 0.29) is 6.10 Å². The van der Waals surface area contributed by atoms with Crippen LogP contribution in [0.25, 0.3) is 0 Å². The van der Waals surface area contributed by atoms with Crippen molar-refractivity contribution in [3.8, 4) is 11.9 Å². The molecule has 4 nitrogen and oxygen atoms in total. The SMILES string of the molecule is [B]c1ccc2c(c1)C(=NC#N)CC(c1ccccn1)O2. The van der Waals surface area contributed by atoms with Gasteiger partial charge in [-0.3, -0.25) is 4.98 Å². The maximum atomic E-state index is 8.85. The number of hydrogen-bond donors (Lipinski definition) is 0. The molecule has 0 saturated carbocycles. The fourth-order valence-corrected chi connectivity index (χ4v) is 2.25. The van der Waals surface area contributed by atoms with Crippen LogP contribution in [-0.2, 0) is 0 Å². The summed E-state index contributed by atoms with van der Waals surface area (Å²) in [5, 5.41) is 8.85. The number of ether oxygens (including phenoxy) is 1. The summed E-state index contributed by atoms with van der Waals surface area (Å²) in [4.78, 5) is 8.20. The number of nitriles is 1. The fraction of sp³-hybridized carbons (Fsp3) is 0.133. The van der Waals surface area contributed by atoms with Gasteiger partial charge in [0.2, 0.25) is 6.19 Å². The Morgan fingerprint density at radius 1 is 1.35 bits per heavy atom. The number of pyridine rings is 1. The van der Waals surface area contributed by atoms with E-state index in [0.29, 0.717) is 23.3 Å². The standard InChI is InChI=1S/C15H10BN3O/c16-10-4-5-14-11(7-10)13(19-9-17)8-15(20-14)12-3-1-2-6-18-12/h1-7,15H,8H2. The number of aliphatic imine (C=N–C) groups is 1. The molecular weight excluding hydrogens is 249 g/mol. The Morgan fingerprint density at radius 3 is 3.00 bits per heavy atom. The van der Waals surface area contributed by atoms with Gasteiger partial charge in [-0.15, -0.1) is 0 Å². The zero-order valence-corrected chi connectivity index (χ0v) is 10.7. The van der Waals surface area contributed by atoms with Crippen molar-refractivity contribution in [2.24, 2.45) is 4.99 Å². The third kappa shape index (κ3) is 2.28. The first-order valence-corrected chi connectivity index (χ1v) is 6.21. The molecule has 0 saturated heterocycles. The highest BCUT2D eigenvalue weighted by atomic mass is 16.5. The summed E-state index contributed by atoms with van der Waals surface area (Å²) in [6, 6.07) is 11.0. The van der Waals surface area contributed by atoms with Crippen LogP contribution in [0.15, 0.2) is 47.6 Å². The summed E-state index contributed by atoms with van der Waals surface area (Å²) in [5.41, 5.74) is 2.89. The second kappa shape index (κ2) is 5.18. The van der Waals surface area contributed by atoms with Crippen molar-refractivity contribution in [3.63, 3.8) is 0 Å². The minimum absolute atomic E-state index is 0.237. The van der Waals surface area contributed by atoms with Crippen molar-refractivity contribution >= 4 is 19.0 Å². The predicted octanol–water partition coefficient (Wildman–Crippen LogP) is 1.67. The van der Waals surface area contributed by atoms with Crippen LogP contribution in [0.2, 0.25) is 0 Å². The molecule has 20 heavy (non-hydrogen) atoms. The van der Waals surface area contributed by atoms with Crippen LogP contribution in [0.1, 0.15) is 23.8 Å². The molecule has 0 amide bonds. The molecule has 0 spiro atoms. The number of fused-ring (bicyclic) bond motifs is 1. The first kappa shape index (κ1) is 12.4. The molecule has 1 atom stereocenters. The molecule has 1 aromatic carbocycles. The van der Waals surface area contributed by atoms with Crippen LogP contribution in [0.5, 0.6) is 5.75 Å². The van der Waals surface area contributed by atoms with Gasteiger partial charge in [0, 0.05) is 18.2 Å². The molecule has 0 N–H and O–H groups in total. The number of nitrogens with zero attached hydrogens (tertiary/aromatic N) is 3. The second-order valence-electron chi connectivity index (χ2n) is 4.48. The van der Waals surface area contributed by atoms with Gasteiger partial charge in [0.25, 0.3) is 0 Å². The van der Waals surface area contributed by atoms with Crippen molar-refractivity contribution in [2.75, 3.05) is 0 Å².